The summed E-state index contributed by atoms with van der Waals surface area (Å²) in [4.78, 5) is 15.1. The summed E-state index contributed by atoms with van der Waals surface area (Å²) in [5, 5.41) is 2.26. The van der Waals surface area contributed by atoms with Crippen LogP contribution in [0.3, 0.4) is 0 Å². The topological polar surface area (TPSA) is 51.2 Å². The summed E-state index contributed by atoms with van der Waals surface area (Å²) in [5.41, 5.74) is -1.74. The van der Waals surface area contributed by atoms with Crippen LogP contribution >= 0.6 is 0 Å². The fraction of sp³-hybridized carbons (Fsp3) is 0.100. The predicted molar refractivity (Wildman–Crippen MR) is 96.0 cm³/mol. The van der Waals surface area contributed by atoms with Crippen molar-refractivity contribution in [3.05, 3.63) is 96.1 Å². The van der Waals surface area contributed by atoms with Crippen molar-refractivity contribution in [1.29, 1.82) is 0 Å². The van der Waals surface area contributed by atoms with Crippen molar-refractivity contribution in [2.24, 2.45) is 0 Å². The maximum absolute atomic E-state index is 13.5. The predicted octanol–water partition coefficient (Wildman–Crippen LogP) is 4.81. The normalized spacial score (nSPS) is 12.1. The van der Waals surface area contributed by atoms with Gasteiger partial charge in [0.1, 0.15) is 17.1 Å². The molecular weight excluding hydrogens is 395 g/mol. The number of carbonyl (C=O) groups is 1. The molecule has 0 radical (unpaired) electrons. The van der Waals surface area contributed by atoms with Crippen LogP contribution in [0.25, 0.3) is 0 Å². The summed E-state index contributed by atoms with van der Waals surface area (Å²) in [6.45, 7) is 3.29. The molecule has 152 valence electrons. The smallest absolute Gasteiger partial charge is 0.419 e. The first-order chi connectivity index (χ1) is 13.7. The van der Waals surface area contributed by atoms with Gasteiger partial charge in [0.2, 0.25) is 0 Å². The Labute approximate surface area is 163 Å². The molecular formula is C20H15F5N2O2. The summed E-state index contributed by atoms with van der Waals surface area (Å²) >= 11 is 0. The standard InChI is InChI=1S/C20H15F5N2O2/c1-2-6-13(29-17-9-4-3-8-14(17)20(23,24)25)7-5-10-27-19(28)18-15(21)11-26-12-16(18)22/h2-9,11-12H,1,10H2,(H,27,28)/b7-5-,13-6+. The van der Waals surface area contributed by atoms with Crippen LogP contribution in [0.2, 0.25) is 0 Å². The lowest BCUT2D eigenvalue weighted by Crippen LogP contribution is -2.25. The molecule has 0 spiro atoms. The first-order valence-electron chi connectivity index (χ1n) is 8.14. The summed E-state index contributed by atoms with van der Waals surface area (Å²) in [6, 6.07) is 4.65. The summed E-state index contributed by atoms with van der Waals surface area (Å²) in [5.74, 6) is -3.66. The zero-order valence-electron chi connectivity index (χ0n) is 14.8. The van der Waals surface area contributed by atoms with Gasteiger partial charge in [-0.05, 0) is 24.3 Å². The molecule has 0 fully saturated rings. The van der Waals surface area contributed by atoms with E-state index in [1.54, 1.807) is 0 Å². The van der Waals surface area contributed by atoms with Gasteiger partial charge in [-0.1, -0.05) is 30.9 Å². The Morgan fingerprint density at radius 1 is 1.17 bits per heavy atom. The lowest BCUT2D eigenvalue weighted by molar-refractivity contribution is -0.138. The van der Waals surface area contributed by atoms with Crippen molar-refractivity contribution in [2.75, 3.05) is 6.54 Å². The van der Waals surface area contributed by atoms with Crippen LogP contribution in [0.4, 0.5) is 22.0 Å². The number of alkyl halides is 3. The minimum atomic E-state index is -4.60. The maximum atomic E-state index is 13.5. The number of ether oxygens (including phenoxy) is 1. The molecule has 4 nitrogen and oxygen atoms in total. The summed E-state index contributed by atoms with van der Waals surface area (Å²) in [7, 11) is 0. The molecule has 9 heteroatoms. The minimum absolute atomic E-state index is 0.00669. The lowest BCUT2D eigenvalue weighted by Gasteiger charge is -2.13. The first-order valence-corrected chi connectivity index (χ1v) is 8.14. The van der Waals surface area contributed by atoms with Gasteiger partial charge in [0.25, 0.3) is 5.91 Å². The van der Waals surface area contributed by atoms with Gasteiger partial charge in [0.05, 0.1) is 18.0 Å². The van der Waals surface area contributed by atoms with Gasteiger partial charge in [-0.2, -0.15) is 13.2 Å². The Morgan fingerprint density at radius 2 is 1.83 bits per heavy atom. The fourth-order valence-corrected chi connectivity index (χ4v) is 2.20. The van der Waals surface area contributed by atoms with Crippen LogP contribution in [0.5, 0.6) is 5.75 Å². The van der Waals surface area contributed by atoms with Gasteiger partial charge < -0.3 is 10.1 Å². The number of halogens is 5. The Morgan fingerprint density at radius 3 is 2.45 bits per heavy atom. The van der Waals surface area contributed by atoms with E-state index in [4.69, 9.17) is 4.74 Å². The van der Waals surface area contributed by atoms with Gasteiger partial charge in [-0.15, -0.1) is 0 Å². The highest BCUT2D eigenvalue weighted by Crippen LogP contribution is 2.36. The van der Waals surface area contributed by atoms with Gasteiger partial charge in [0, 0.05) is 6.54 Å². The fourth-order valence-electron chi connectivity index (χ4n) is 2.20. The second-order valence-electron chi connectivity index (χ2n) is 5.49. The highest BCUT2D eigenvalue weighted by molar-refractivity contribution is 5.94. The number of amides is 1. The van der Waals surface area contributed by atoms with E-state index < -0.39 is 40.6 Å². The van der Waals surface area contributed by atoms with Crippen LogP contribution in [-0.2, 0) is 6.18 Å². The largest absolute Gasteiger partial charge is 0.457 e. The third-order valence-corrected chi connectivity index (χ3v) is 3.45. The van der Waals surface area contributed by atoms with Crippen LogP contribution < -0.4 is 10.1 Å². The monoisotopic (exact) mass is 410 g/mol. The Balaban J connectivity index is 2.07. The number of nitrogens with one attached hydrogen (secondary N) is 1. The summed E-state index contributed by atoms with van der Waals surface area (Å²) < 4.78 is 71.5. The molecule has 2 rings (SSSR count). The Kier molecular flexibility index (Phi) is 7.24. The number of benzene rings is 1. The third-order valence-electron chi connectivity index (χ3n) is 3.45. The van der Waals surface area contributed by atoms with Crippen molar-refractivity contribution in [2.45, 2.75) is 6.18 Å². The van der Waals surface area contributed by atoms with Crippen molar-refractivity contribution in [1.82, 2.24) is 10.3 Å². The Hall–Kier alpha value is -3.49. The zero-order valence-corrected chi connectivity index (χ0v) is 14.8. The molecule has 0 unspecified atom stereocenters. The van der Waals surface area contributed by atoms with Gasteiger partial charge in [0.15, 0.2) is 11.6 Å². The maximum Gasteiger partial charge on any atom is 0.419 e. The quantitative estimate of drug-likeness (QED) is 0.405. The molecule has 1 aromatic carbocycles. The van der Waals surface area contributed by atoms with E-state index in [9.17, 15) is 26.7 Å². The van der Waals surface area contributed by atoms with Crippen LogP contribution in [0.1, 0.15) is 15.9 Å². The number of nitrogens with zero attached hydrogens (tertiary/aromatic N) is 1. The van der Waals surface area contributed by atoms with E-state index in [-0.39, 0.29) is 12.3 Å². The number of pyridine rings is 1. The molecule has 1 aromatic heterocycles. The molecule has 0 saturated heterocycles. The SMILES string of the molecule is C=C/C=C(\C=C/CNC(=O)c1c(F)cncc1F)Oc1ccccc1C(F)(F)F. The van der Waals surface area contributed by atoms with Gasteiger partial charge >= 0.3 is 6.18 Å². The minimum Gasteiger partial charge on any atom is -0.457 e. The molecule has 1 amide bonds. The lowest BCUT2D eigenvalue weighted by atomic mass is 10.2. The molecule has 0 aliphatic heterocycles. The Bertz CT molecular complexity index is 932. The highest BCUT2D eigenvalue weighted by atomic mass is 19.4. The molecule has 29 heavy (non-hydrogen) atoms. The average molecular weight is 410 g/mol. The van der Waals surface area contributed by atoms with Crippen LogP contribution in [0.15, 0.2) is 73.3 Å². The molecule has 0 saturated carbocycles. The molecule has 1 heterocycles. The van der Waals surface area contributed by atoms with Crippen LogP contribution in [-0.4, -0.2) is 17.4 Å². The highest BCUT2D eigenvalue weighted by Gasteiger charge is 2.34. The van der Waals surface area contributed by atoms with E-state index in [1.165, 1.54) is 36.4 Å². The molecule has 0 atom stereocenters. The third kappa shape index (κ3) is 6.00. The van der Waals surface area contributed by atoms with Crippen molar-refractivity contribution >= 4 is 5.91 Å². The van der Waals surface area contributed by atoms with Crippen molar-refractivity contribution < 1.29 is 31.5 Å². The number of para-hydroxylation sites is 1. The van der Waals surface area contributed by atoms with Gasteiger partial charge in [-0.25, -0.2) is 8.78 Å². The first kappa shape index (κ1) is 21.8. The van der Waals surface area contributed by atoms with Crippen LogP contribution in [0, 0.1) is 11.6 Å². The molecule has 0 aliphatic carbocycles. The second kappa shape index (κ2) is 9.63. The number of carbonyl (C=O) groups excluding carboxylic acids is 1. The number of hydrogen-bond acceptors (Lipinski definition) is 3. The van der Waals surface area contributed by atoms with Crippen molar-refractivity contribution in [3.8, 4) is 5.75 Å². The van der Waals surface area contributed by atoms with E-state index in [0.29, 0.717) is 12.4 Å². The van der Waals surface area contributed by atoms with E-state index in [2.05, 4.69) is 16.9 Å². The second-order valence-corrected chi connectivity index (χ2v) is 5.49. The van der Waals surface area contributed by atoms with Gasteiger partial charge in [-0.3, -0.25) is 9.78 Å². The molecule has 0 bridgehead atoms. The summed E-state index contributed by atoms with van der Waals surface area (Å²) in [6.07, 6.45) is 2.03. The number of rotatable bonds is 7. The van der Waals surface area contributed by atoms with E-state index in [1.807, 2.05) is 0 Å². The molecule has 2 aromatic rings. The average Bonchev–Trinajstić information content (AvgIpc) is 2.65. The number of aromatic nitrogens is 1. The molecule has 1 N–H and O–H groups in total. The van der Waals surface area contributed by atoms with E-state index in [0.717, 1.165) is 12.1 Å². The van der Waals surface area contributed by atoms with E-state index >= 15 is 0 Å². The number of allylic oxidation sites excluding steroid dienone is 3. The van der Waals surface area contributed by atoms with Crippen molar-refractivity contribution in [3.63, 3.8) is 0 Å². The zero-order chi connectivity index (χ0) is 21.4. The molecule has 0 aliphatic rings. The number of hydrogen-bond donors (Lipinski definition) is 1.